The summed E-state index contributed by atoms with van der Waals surface area (Å²) in [6.07, 6.45) is -2.47. The number of hydrogen-bond acceptors (Lipinski definition) is 7. The largest absolute Gasteiger partial charge is 0.411 e. The Labute approximate surface area is 214 Å². The van der Waals surface area contributed by atoms with E-state index in [0.717, 1.165) is 4.88 Å². The van der Waals surface area contributed by atoms with Crippen molar-refractivity contribution < 1.29 is 26.3 Å². The van der Waals surface area contributed by atoms with E-state index in [2.05, 4.69) is 14.4 Å². The Morgan fingerprint density at radius 1 is 1.17 bits per heavy atom. The molecule has 0 unspecified atom stereocenters. The standard InChI is InChI=1S/C21H23ClF3N3O4S3/c1-13-14(2)34-19(33-11-5-3-4-10-32-12-21(23,24)25)17-18(26-20(29)28(13)17)27-35(30,31)16-8-6-15(22)7-9-16/h6-9H,3-5,10-12H2,1-2H3,(H,26,27,29). The summed E-state index contributed by atoms with van der Waals surface area (Å²) in [7, 11) is -4.02. The van der Waals surface area contributed by atoms with Crippen LogP contribution in [0, 0.1) is 13.8 Å². The number of sulfonamides is 1. The first-order valence-corrected chi connectivity index (χ1v) is 14.1. The second kappa shape index (κ2) is 11.5. The van der Waals surface area contributed by atoms with Gasteiger partial charge in [-0.05, 0) is 56.7 Å². The molecule has 1 N–H and O–H groups in total. The van der Waals surface area contributed by atoms with Gasteiger partial charge in [-0.3, -0.25) is 9.29 Å². The van der Waals surface area contributed by atoms with Crippen LogP contribution in [0.2, 0.25) is 5.02 Å². The maximum atomic E-state index is 12.9. The number of alkyl halides is 3. The van der Waals surface area contributed by atoms with Gasteiger partial charge < -0.3 is 4.74 Å². The third-order valence-electron chi connectivity index (χ3n) is 4.92. The monoisotopic (exact) mass is 569 g/mol. The molecule has 2 heterocycles. The van der Waals surface area contributed by atoms with E-state index in [0.29, 0.717) is 45.6 Å². The van der Waals surface area contributed by atoms with Gasteiger partial charge in [0.05, 0.1) is 9.10 Å². The molecule has 0 saturated heterocycles. The molecule has 0 spiro atoms. The molecule has 7 nitrogen and oxygen atoms in total. The van der Waals surface area contributed by atoms with Crippen molar-refractivity contribution in [3.63, 3.8) is 0 Å². The van der Waals surface area contributed by atoms with Gasteiger partial charge in [0.25, 0.3) is 10.0 Å². The van der Waals surface area contributed by atoms with Gasteiger partial charge in [-0.15, -0.1) is 23.1 Å². The molecule has 0 saturated carbocycles. The smallest absolute Gasteiger partial charge is 0.372 e. The van der Waals surface area contributed by atoms with Crippen LogP contribution in [0.15, 0.2) is 38.2 Å². The van der Waals surface area contributed by atoms with Crippen molar-refractivity contribution in [2.24, 2.45) is 0 Å². The molecule has 2 aliphatic rings. The Morgan fingerprint density at radius 3 is 2.51 bits per heavy atom. The number of thioether (sulfide) groups is 1. The highest BCUT2D eigenvalue weighted by molar-refractivity contribution is 8.01. The van der Waals surface area contributed by atoms with Gasteiger partial charge >= 0.3 is 11.9 Å². The minimum absolute atomic E-state index is 0.0232. The molecule has 2 aliphatic heterocycles. The predicted molar refractivity (Wildman–Crippen MR) is 132 cm³/mol. The fourth-order valence-electron chi connectivity index (χ4n) is 3.12. The average Bonchev–Trinajstić information content (AvgIpc) is 3.08. The number of fused-ring (bicyclic) bond motifs is 1. The Kier molecular flexibility index (Phi) is 9.13. The van der Waals surface area contributed by atoms with Crippen LogP contribution < -0.4 is 10.4 Å². The number of unbranched alkanes of at least 4 members (excludes halogenated alkanes) is 2. The average molecular weight is 570 g/mol. The summed E-state index contributed by atoms with van der Waals surface area (Å²) < 4.78 is 71.2. The fourth-order valence-corrected chi connectivity index (χ4v) is 6.78. The highest BCUT2D eigenvalue weighted by atomic mass is 35.5. The van der Waals surface area contributed by atoms with Crippen LogP contribution >= 0.6 is 34.7 Å². The summed E-state index contributed by atoms with van der Waals surface area (Å²) in [5, 5.41) is 0.386. The van der Waals surface area contributed by atoms with E-state index in [1.54, 1.807) is 6.92 Å². The van der Waals surface area contributed by atoms with Crippen molar-refractivity contribution >= 4 is 50.5 Å². The van der Waals surface area contributed by atoms with Gasteiger partial charge in [0.15, 0.2) is 5.82 Å². The normalized spacial score (nSPS) is 12.4. The van der Waals surface area contributed by atoms with Crippen molar-refractivity contribution in [2.75, 3.05) is 23.7 Å². The van der Waals surface area contributed by atoms with Crippen molar-refractivity contribution in [2.45, 2.75) is 48.4 Å². The Balaban J connectivity index is 1.74. The number of hydrogen-bond donors (Lipinski definition) is 1. The van der Waals surface area contributed by atoms with Crippen LogP contribution in [-0.2, 0) is 14.8 Å². The van der Waals surface area contributed by atoms with Gasteiger partial charge in [0, 0.05) is 22.2 Å². The van der Waals surface area contributed by atoms with Gasteiger partial charge in [-0.2, -0.15) is 18.2 Å². The molecule has 192 valence electrons. The Hall–Kier alpha value is -1.80. The zero-order chi connectivity index (χ0) is 25.8. The lowest BCUT2D eigenvalue weighted by molar-refractivity contribution is -0.174. The predicted octanol–water partition coefficient (Wildman–Crippen LogP) is 5.64. The lowest BCUT2D eigenvalue weighted by Gasteiger charge is -2.16. The molecule has 3 rings (SSSR count). The first kappa shape index (κ1) is 27.8. The minimum Gasteiger partial charge on any atom is -0.372 e. The molecule has 1 aromatic carbocycles. The topological polar surface area (TPSA) is 90.3 Å². The minimum atomic E-state index is -4.33. The zero-order valence-corrected chi connectivity index (χ0v) is 22.0. The van der Waals surface area contributed by atoms with Crippen molar-refractivity contribution in [1.82, 2.24) is 9.55 Å². The van der Waals surface area contributed by atoms with Crippen molar-refractivity contribution in [3.05, 3.63) is 50.3 Å². The molecule has 35 heavy (non-hydrogen) atoms. The molecule has 0 amide bonds. The van der Waals surface area contributed by atoms with Crippen molar-refractivity contribution in [3.8, 4) is 5.69 Å². The molecular formula is C21H23ClF3N3O4S3. The zero-order valence-electron chi connectivity index (χ0n) is 18.8. The number of halogens is 4. The Morgan fingerprint density at radius 2 is 1.86 bits per heavy atom. The number of ether oxygens (including phenoxy) is 1. The number of rotatable bonds is 11. The van der Waals surface area contributed by atoms with Gasteiger partial charge in [-0.1, -0.05) is 18.0 Å². The van der Waals surface area contributed by atoms with Crippen LogP contribution in [-0.4, -0.2) is 43.1 Å². The van der Waals surface area contributed by atoms with E-state index >= 15 is 0 Å². The van der Waals surface area contributed by atoms with E-state index in [4.69, 9.17) is 11.6 Å². The summed E-state index contributed by atoms with van der Waals surface area (Å²) >= 11 is 8.70. The number of aryl methyl sites for hydroxylation is 1. The maximum absolute atomic E-state index is 12.9. The summed E-state index contributed by atoms with van der Waals surface area (Å²) in [6.45, 7) is 2.39. The molecule has 0 bridgehead atoms. The number of nitrogens with zero attached hydrogens (tertiary/aromatic N) is 2. The third kappa shape index (κ3) is 7.35. The number of anilines is 1. The van der Waals surface area contributed by atoms with E-state index in [-0.39, 0.29) is 17.3 Å². The van der Waals surface area contributed by atoms with E-state index in [1.807, 2.05) is 6.92 Å². The number of imidazole rings is 1. The first-order chi connectivity index (χ1) is 16.4. The van der Waals surface area contributed by atoms with E-state index in [1.165, 1.54) is 51.9 Å². The van der Waals surface area contributed by atoms with Gasteiger partial charge in [0.2, 0.25) is 0 Å². The highest BCUT2D eigenvalue weighted by Crippen LogP contribution is 2.38. The molecule has 0 aromatic heterocycles. The second-order valence-electron chi connectivity index (χ2n) is 7.59. The molecule has 14 heteroatoms. The fraction of sp³-hybridized carbons (Fsp3) is 0.429. The molecule has 0 aliphatic carbocycles. The second-order valence-corrected chi connectivity index (χ2v) is 12.3. The first-order valence-electron chi connectivity index (χ1n) is 10.5. The molecular weight excluding hydrogens is 547 g/mol. The summed E-state index contributed by atoms with van der Waals surface area (Å²) in [4.78, 5) is 17.4. The lowest BCUT2D eigenvalue weighted by atomic mass is 10.3. The third-order valence-corrected chi connectivity index (χ3v) is 9.06. The number of aromatic nitrogens is 2. The highest BCUT2D eigenvalue weighted by Gasteiger charge is 2.28. The van der Waals surface area contributed by atoms with Crippen LogP contribution in [0.4, 0.5) is 19.0 Å². The molecule has 0 radical (unpaired) electrons. The molecule has 1 aromatic rings. The summed E-state index contributed by atoms with van der Waals surface area (Å²) in [5.74, 6) is 0.559. The maximum Gasteiger partial charge on any atom is 0.411 e. The van der Waals surface area contributed by atoms with Gasteiger partial charge in [0.1, 0.15) is 12.3 Å². The SMILES string of the molecule is Cc1sc(SCCCCCOCC(F)(F)F)c2c(NS(=O)(=O)c3ccc(Cl)cc3)nc(=O)n-2c1C. The quantitative estimate of drug-likeness (QED) is 0.237. The number of nitrogens with one attached hydrogen (secondary N) is 1. The molecule has 0 fully saturated rings. The number of benzene rings is 1. The van der Waals surface area contributed by atoms with Gasteiger partial charge in [-0.25, -0.2) is 13.2 Å². The Bertz CT molecular complexity index is 1290. The van der Waals surface area contributed by atoms with Crippen molar-refractivity contribution in [1.29, 1.82) is 0 Å². The van der Waals surface area contributed by atoms with Crippen LogP contribution in [0.5, 0.6) is 0 Å². The van der Waals surface area contributed by atoms with Crippen LogP contribution in [0.1, 0.15) is 29.8 Å². The van der Waals surface area contributed by atoms with Crippen LogP contribution in [0.25, 0.3) is 5.69 Å². The van der Waals surface area contributed by atoms with E-state index < -0.39 is 28.5 Å². The van der Waals surface area contributed by atoms with Crippen LogP contribution in [0.3, 0.4) is 0 Å². The molecule has 0 atom stereocenters. The van der Waals surface area contributed by atoms with E-state index in [9.17, 15) is 26.4 Å². The lowest BCUT2D eigenvalue weighted by Crippen LogP contribution is -2.17. The summed E-state index contributed by atoms with van der Waals surface area (Å²) in [5.41, 5.74) is 0.440. The summed E-state index contributed by atoms with van der Waals surface area (Å²) in [6, 6.07) is 5.61.